The van der Waals surface area contributed by atoms with Gasteiger partial charge in [-0.25, -0.2) is 4.98 Å². The van der Waals surface area contributed by atoms with Gasteiger partial charge in [-0.2, -0.15) is 5.10 Å². The topological polar surface area (TPSA) is 78.3 Å². The van der Waals surface area contributed by atoms with E-state index in [1.54, 1.807) is 0 Å². The van der Waals surface area contributed by atoms with Crippen molar-refractivity contribution in [2.75, 3.05) is 13.2 Å². The van der Waals surface area contributed by atoms with Gasteiger partial charge in [-0.15, -0.1) is 0 Å². The van der Waals surface area contributed by atoms with E-state index in [-0.39, 0.29) is 18.1 Å². The number of rotatable bonds is 9. The number of ether oxygens (including phenoxy) is 2. The molecule has 0 aromatic carbocycles. The first-order valence-corrected chi connectivity index (χ1v) is 10.4. The lowest BCUT2D eigenvalue weighted by molar-refractivity contribution is -0.120. The fourth-order valence-corrected chi connectivity index (χ4v) is 3.97. The van der Waals surface area contributed by atoms with Crippen molar-refractivity contribution < 1.29 is 14.3 Å². The zero-order chi connectivity index (χ0) is 19.5. The van der Waals surface area contributed by atoms with Gasteiger partial charge < -0.3 is 14.8 Å². The van der Waals surface area contributed by atoms with Gasteiger partial charge in [0.1, 0.15) is 0 Å². The van der Waals surface area contributed by atoms with Gasteiger partial charge in [0.05, 0.1) is 36.4 Å². The molecule has 2 heterocycles. The molecule has 28 heavy (non-hydrogen) atoms. The van der Waals surface area contributed by atoms with Crippen molar-refractivity contribution in [3.63, 3.8) is 0 Å². The second-order valence-corrected chi connectivity index (χ2v) is 8.38. The molecule has 7 heteroatoms. The molecule has 0 saturated heterocycles. The van der Waals surface area contributed by atoms with Crippen LogP contribution in [0.2, 0.25) is 0 Å². The number of carbonyl (C=O) groups is 1. The molecule has 0 spiro atoms. The summed E-state index contributed by atoms with van der Waals surface area (Å²) in [6, 6.07) is 2.07. The molecule has 2 saturated carbocycles. The van der Waals surface area contributed by atoms with Crippen LogP contribution in [0.3, 0.4) is 0 Å². The Morgan fingerprint density at radius 2 is 2.18 bits per heavy atom. The van der Waals surface area contributed by atoms with Gasteiger partial charge >= 0.3 is 0 Å². The van der Waals surface area contributed by atoms with Crippen LogP contribution in [0.4, 0.5) is 0 Å². The van der Waals surface area contributed by atoms with Crippen LogP contribution in [0.15, 0.2) is 18.5 Å². The number of hydrogen-bond donors (Lipinski definition) is 1. The average Bonchev–Trinajstić information content (AvgIpc) is 2.99. The number of amides is 1. The first-order chi connectivity index (χ1) is 13.6. The summed E-state index contributed by atoms with van der Waals surface area (Å²) in [5.41, 5.74) is 1.11. The van der Waals surface area contributed by atoms with Crippen LogP contribution in [-0.2, 0) is 16.1 Å². The third kappa shape index (κ3) is 4.46. The number of nitrogens with one attached hydrogen (secondary N) is 1. The maximum atomic E-state index is 11.0. The molecular weight excluding hydrogens is 356 g/mol. The molecule has 1 N–H and O–H groups in total. The standard InChI is InChI=1S/C21H30N4O3/c1-14(24-15(2)26)12-27-18-8-17(9-18)13-28-21-19-10-23-25(11-16-4-3-5-16)20(19)6-7-22-21/h6-7,10,14,16-18H,3-5,8-9,11-13H2,1-2H3,(H,24,26)/t14-,17-,18-/m0/s1. The first kappa shape index (κ1) is 19.2. The lowest BCUT2D eigenvalue weighted by Crippen LogP contribution is -2.40. The number of nitrogens with zero attached hydrogens (tertiary/aromatic N) is 3. The molecule has 2 aromatic heterocycles. The lowest BCUT2D eigenvalue weighted by atomic mass is 9.83. The number of pyridine rings is 1. The third-order valence-electron chi connectivity index (χ3n) is 5.87. The molecule has 2 aromatic rings. The minimum absolute atomic E-state index is 0.0197. The van der Waals surface area contributed by atoms with Gasteiger partial charge in [-0.1, -0.05) is 6.42 Å². The summed E-state index contributed by atoms with van der Waals surface area (Å²) in [6.07, 6.45) is 9.90. The maximum absolute atomic E-state index is 11.0. The Balaban J connectivity index is 1.23. The summed E-state index contributed by atoms with van der Waals surface area (Å²) < 4.78 is 14.0. The zero-order valence-corrected chi connectivity index (χ0v) is 16.8. The van der Waals surface area contributed by atoms with E-state index in [4.69, 9.17) is 9.47 Å². The van der Waals surface area contributed by atoms with Crippen LogP contribution in [-0.4, -0.2) is 46.0 Å². The van der Waals surface area contributed by atoms with E-state index in [2.05, 4.69) is 20.1 Å². The van der Waals surface area contributed by atoms with E-state index < -0.39 is 0 Å². The Bertz CT molecular complexity index is 811. The number of hydrogen-bond acceptors (Lipinski definition) is 5. The monoisotopic (exact) mass is 386 g/mol. The van der Waals surface area contributed by atoms with E-state index in [1.807, 2.05) is 25.4 Å². The number of carbonyl (C=O) groups excluding carboxylic acids is 1. The molecule has 0 bridgehead atoms. The summed E-state index contributed by atoms with van der Waals surface area (Å²) in [5, 5.41) is 8.39. The summed E-state index contributed by atoms with van der Waals surface area (Å²) in [5.74, 6) is 1.92. The van der Waals surface area contributed by atoms with Gasteiger partial charge in [0.25, 0.3) is 0 Å². The molecule has 2 fully saturated rings. The van der Waals surface area contributed by atoms with Crippen LogP contribution in [0, 0.1) is 11.8 Å². The van der Waals surface area contributed by atoms with Crippen LogP contribution in [0.1, 0.15) is 46.0 Å². The van der Waals surface area contributed by atoms with Gasteiger partial charge in [0.2, 0.25) is 11.8 Å². The quantitative estimate of drug-likeness (QED) is 0.717. The van der Waals surface area contributed by atoms with E-state index in [0.29, 0.717) is 25.0 Å². The molecule has 1 amide bonds. The Kier molecular flexibility index (Phi) is 5.80. The van der Waals surface area contributed by atoms with Crippen molar-refractivity contribution in [3.05, 3.63) is 18.5 Å². The van der Waals surface area contributed by atoms with E-state index >= 15 is 0 Å². The Morgan fingerprint density at radius 3 is 2.89 bits per heavy atom. The van der Waals surface area contributed by atoms with Crippen molar-refractivity contribution in [1.29, 1.82) is 0 Å². The van der Waals surface area contributed by atoms with E-state index in [9.17, 15) is 4.79 Å². The molecule has 0 radical (unpaired) electrons. The fourth-order valence-electron chi connectivity index (χ4n) is 3.97. The Labute approximate surface area is 165 Å². The molecule has 152 valence electrons. The zero-order valence-electron chi connectivity index (χ0n) is 16.8. The molecule has 2 aliphatic rings. The summed E-state index contributed by atoms with van der Waals surface area (Å²) in [4.78, 5) is 15.4. The van der Waals surface area contributed by atoms with Crippen molar-refractivity contribution in [2.45, 2.75) is 64.6 Å². The molecular formula is C21H30N4O3. The highest BCUT2D eigenvalue weighted by molar-refractivity contribution is 5.83. The minimum atomic E-state index is -0.0197. The predicted molar refractivity (Wildman–Crippen MR) is 106 cm³/mol. The van der Waals surface area contributed by atoms with Crippen molar-refractivity contribution >= 4 is 16.8 Å². The van der Waals surface area contributed by atoms with Gasteiger partial charge in [0.15, 0.2) is 0 Å². The van der Waals surface area contributed by atoms with Gasteiger partial charge in [-0.05, 0) is 50.5 Å². The molecule has 0 aliphatic heterocycles. The minimum Gasteiger partial charge on any atom is -0.477 e. The van der Waals surface area contributed by atoms with Crippen LogP contribution in [0.25, 0.3) is 10.9 Å². The van der Waals surface area contributed by atoms with Crippen LogP contribution >= 0.6 is 0 Å². The first-order valence-electron chi connectivity index (χ1n) is 10.4. The van der Waals surface area contributed by atoms with Crippen molar-refractivity contribution in [2.24, 2.45) is 11.8 Å². The SMILES string of the molecule is CC(=O)N[C@@H](C)CO[C@H]1C[C@H](COc2nccc3c2cnn3CC2CCC2)C1. The largest absolute Gasteiger partial charge is 0.477 e. The summed E-state index contributed by atoms with van der Waals surface area (Å²) in [6.45, 7) is 5.68. The summed E-state index contributed by atoms with van der Waals surface area (Å²) >= 11 is 0. The highest BCUT2D eigenvalue weighted by Gasteiger charge is 2.31. The van der Waals surface area contributed by atoms with Gasteiger partial charge in [-0.3, -0.25) is 9.48 Å². The Hall–Kier alpha value is -2.15. The lowest BCUT2D eigenvalue weighted by Gasteiger charge is -2.35. The van der Waals surface area contributed by atoms with Crippen molar-refractivity contribution in [1.82, 2.24) is 20.1 Å². The van der Waals surface area contributed by atoms with Crippen LogP contribution < -0.4 is 10.1 Å². The highest BCUT2D eigenvalue weighted by atomic mass is 16.5. The van der Waals surface area contributed by atoms with Crippen LogP contribution in [0.5, 0.6) is 5.88 Å². The average molecular weight is 386 g/mol. The highest BCUT2D eigenvalue weighted by Crippen LogP contribution is 2.33. The molecule has 7 nitrogen and oxygen atoms in total. The van der Waals surface area contributed by atoms with Gasteiger partial charge in [0, 0.05) is 25.7 Å². The van der Waals surface area contributed by atoms with E-state index in [1.165, 1.54) is 26.2 Å². The molecule has 2 aliphatic carbocycles. The molecule has 0 unspecified atom stereocenters. The van der Waals surface area contributed by atoms with Crippen molar-refractivity contribution in [3.8, 4) is 5.88 Å². The predicted octanol–water partition coefficient (Wildman–Crippen LogP) is 2.93. The molecule has 1 atom stereocenters. The number of fused-ring (bicyclic) bond motifs is 1. The smallest absolute Gasteiger partial charge is 0.224 e. The van der Waals surface area contributed by atoms with E-state index in [0.717, 1.165) is 36.2 Å². The Morgan fingerprint density at radius 1 is 1.36 bits per heavy atom. The fraction of sp³-hybridized carbons (Fsp3) is 0.667. The summed E-state index contributed by atoms with van der Waals surface area (Å²) in [7, 11) is 0. The second-order valence-electron chi connectivity index (χ2n) is 8.38. The third-order valence-corrected chi connectivity index (χ3v) is 5.87. The molecule has 4 rings (SSSR count). The second kappa shape index (κ2) is 8.47. The normalized spacial score (nSPS) is 23.1. The number of aromatic nitrogens is 3. The maximum Gasteiger partial charge on any atom is 0.224 e.